The Morgan fingerprint density at radius 3 is 3.05 bits per heavy atom. The van der Waals surface area contributed by atoms with Gasteiger partial charge in [-0.1, -0.05) is 12.1 Å². The predicted molar refractivity (Wildman–Crippen MR) is 84.8 cm³/mol. The van der Waals surface area contributed by atoms with Crippen molar-refractivity contribution in [2.45, 2.75) is 32.0 Å². The number of hydrogen-bond acceptors (Lipinski definition) is 4. The van der Waals surface area contributed by atoms with Gasteiger partial charge >= 0.3 is 0 Å². The number of ether oxygens (including phenoxy) is 2. The van der Waals surface area contributed by atoms with E-state index in [1.54, 1.807) is 7.11 Å². The lowest BCUT2D eigenvalue weighted by molar-refractivity contribution is 0.107. The smallest absolute Gasteiger partial charge is 0.123 e. The summed E-state index contributed by atoms with van der Waals surface area (Å²) >= 11 is 0. The topological polar surface area (TPSA) is 50.4 Å². The summed E-state index contributed by atoms with van der Waals surface area (Å²) in [4.78, 5) is 10.1. The average molecular weight is 301 g/mol. The van der Waals surface area contributed by atoms with Gasteiger partial charge in [-0.05, 0) is 31.0 Å². The van der Waals surface area contributed by atoms with Gasteiger partial charge in [0.05, 0.1) is 18.8 Å². The van der Waals surface area contributed by atoms with E-state index in [1.807, 2.05) is 31.5 Å². The van der Waals surface area contributed by atoms with E-state index in [9.17, 15) is 0 Å². The minimum Gasteiger partial charge on any atom is -0.494 e. The Hall–Kier alpha value is -1.85. The van der Waals surface area contributed by atoms with E-state index in [4.69, 9.17) is 9.47 Å². The normalized spacial score (nSPS) is 22.1. The van der Waals surface area contributed by atoms with E-state index in [0.29, 0.717) is 6.61 Å². The van der Waals surface area contributed by atoms with E-state index < -0.39 is 0 Å². The monoisotopic (exact) mass is 301 g/mol. The molecule has 0 aliphatic carbocycles. The molecule has 0 amide bonds. The van der Waals surface area contributed by atoms with Crippen LogP contribution in [-0.4, -0.2) is 41.2 Å². The summed E-state index contributed by atoms with van der Waals surface area (Å²) in [5.41, 5.74) is 1.25. The average Bonchev–Trinajstić information content (AvgIpc) is 3.17. The van der Waals surface area contributed by atoms with Crippen molar-refractivity contribution in [3.05, 3.63) is 48.0 Å². The Bertz CT molecular complexity index is 585. The van der Waals surface area contributed by atoms with E-state index in [1.165, 1.54) is 5.56 Å². The van der Waals surface area contributed by atoms with Crippen molar-refractivity contribution in [1.29, 1.82) is 0 Å². The number of nitrogens with zero attached hydrogens (tertiary/aromatic N) is 2. The third-order valence-electron chi connectivity index (χ3n) is 4.13. The second kappa shape index (κ2) is 6.94. The molecule has 5 heteroatoms. The Morgan fingerprint density at radius 1 is 1.41 bits per heavy atom. The minimum atomic E-state index is 0.255. The van der Waals surface area contributed by atoms with Crippen LogP contribution in [0.4, 0.5) is 0 Å². The van der Waals surface area contributed by atoms with Gasteiger partial charge in [0.1, 0.15) is 11.6 Å². The molecule has 22 heavy (non-hydrogen) atoms. The maximum Gasteiger partial charge on any atom is 0.123 e. The highest BCUT2D eigenvalue weighted by Crippen LogP contribution is 2.33. The van der Waals surface area contributed by atoms with Crippen molar-refractivity contribution in [2.24, 2.45) is 0 Å². The van der Waals surface area contributed by atoms with Crippen LogP contribution >= 0.6 is 0 Å². The fraction of sp³-hybridized carbons (Fsp3) is 0.471. The van der Waals surface area contributed by atoms with Crippen LogP contribution in [0.2, 0.25) is 0 Å². The number of aromatic nitrogens is 2. The summed E-state index contributed by atoms with van der Waals surface area (Å²) in [6.07, 6.45) is 4.91. The molecule has 0 spiro atoms. The molecule has 2 atom stereocenters. The van der Waals surface area contributed by atoms with Crippen LogP contribution in [0.3, 0.4) is 0 Å². The van der Waals surface area contributed by atoms with Gasteiger partial charge in [-0.15, -0.1) is 0 Å². The van der Waals surface area contributed by atoms with Crippen LogP contribution in [-0.2, 0) is 11.3 Å². The van der Waals surface area contributed by atoms with Crippen molar-refractivity contribution in [3.8, 4) is 5.75 Å². The second-order valence-electron chi connectivity index (χ2n) is 5.59. The molecule has 1 aliphatic rings. The lowest BCUT2D eigenvalue weighted by atomic mass is 10.1. The van der Waals surface area contributed by atoms with Crippen LogP contribution in [0.15, 0.2) is 36.7 Å². The van der Waals surface area contributed by atoms with Crippen LogP contribution in [0.25, 0.3) is 0 Å². The number of methoxy groups -OCH3 is 1. The Morgan fingerprint density at radius 2 is 2.32 bits per heavy atom. The van der Waals surface area contributed by atoms with Crippen molar-refractivity contribution < 1.29 is 9.47 Å². The van der Waals surface area contributed by atoms with Crippen molar-refractivity contribution in [2.75, 3.05) is 20.3 Å². The second-order valence-corrected chi connectivity index (χ2v) is 5.59. The molecule has 1 unspecified atom stereocenters. The summed E-state index contributed by atoms with van der Waals surface area (Å²) in [5.74, 6) is 1.94. The number of rotatable bonds is 6. The zero-order valence-corrected chi connectivity index (χ0v) is 13.2. The third-order valence-corrected chi connectivity index (χ3v) is 4.13. The maximum atomic E-state index is 5.59. The SMILES string of the molecule is CCOc1cccc(CN2C[C@H](OC)CC2c2ncc[nH]2)c1. The molecule has 1 saturated heterocycles. The van der Waals surface area contributed by atoms with Crippen molar-refractivity contribution in [1.82, 2.24) is 14.9 Å². The van der Waals surface area contributed by atoms with Crippen molar-refractivity contribution >= 4 is 0 Å². The highest BCUT2D eigenvalue weighted by atomic mass is 16.5. The molecule has 3 rings (SSSR count). The zero-order valence-electron chi connectivity index (χ0n) is 13.2. The van der Waals surface area contributed by atoms with Gasteiger partial charge in [0.15, 0.2) is 0 Å². The first-order chi connectivity index (χ1) is 10.8. The molecule has 5 nitrogen and oxygen atoms in total. The first-order valence-corrected chi connectivity index (χ1v) is 7.78. The molecule has 0 bridgehead atoms. The van der Waals surface area contributed by atoms with Gasteiger partial charge in [0, 0.05) is 32.6 Å². The highest BCUT2D eigenvalue weighted by molar-refractivity contribution is 5.28. The standard InChI is InChI=1S/C17H23N3O2/c1-3-22-14-6-4-5-13(9-14)11-20-12-15(21-2)10-16(20)17-18-7-8-19-17/h4-9,15-16H,3,10-12H2,1-2H3,(H,18,19)/t15-,16?/m1/s1. The summed E-state index contributed by atoms with van der Waals surface area (Å²) in [6.45, 7) is 4.48. The number of H-pyrrole nitrogens is 1. The molecule has 118 valence electrons. The van der Waals surface area contributed by atoms with Crippen LogP contribution in [0.1, 0.15) is 30.8 Å². The predicted octanol–water partition coefficient (Wildman–Crippen LogP) is 2.77. The van der Waals surface area contributed by atoms with Gasteiger partial charge in [-0.25, -0.2) is 4.98 Å². The largest absolute Gasteiger partial charge is 0.494 e. The van der Waals surface area contributed by atoms with Gasteiger partial charge in [0.25, 0.3) is 0 Å². The lowest BCUT2D eigenvalue weighted by Gasteiger charge is -2.22. The molecular weight excluding hydrogens is 278 g/mol. The van der Waals surface area contributed by atoms with E-state index in [2.05, 4.69) is 27.0 Å². The molecule has 2 aromatic rings. The zero-order chi connectivity index (χ0) is 15.4. The quantitative estimate of drug-likeness (QED) is 0.891. The molecule has 1 aliphatic heterocycles. The first kappa shape index (κ1) is 15.1. The van der Waals surface area contributed by atoms with Crippen LogP contribution in [0.5, 0.6) is 5.75 Å². The summed E-state index contributed by atoms with van der Waals surface area (Å²) in [6, 6.07) is 8.58. The van der Waals surface area contributed by atoms with E-state index in [-0.39, 0.29) is 12.1 Å². The number of hydrogen-bond donors (Lipinski definition) is 1. The third kappa shape index (κ3) is 3.31. The number of aromatic amines is 1. The fourth-order valence-electron chi connectivity index (χ4n) is 3.09. The lowest BCUT2D eigenvalue weighted by Crippen LogP contribution is -2.25. The maximum absolute atomic E-state index is 5.59. The van der Waals surface area contributed by atoms with Gasteiger partial charge in [-0.2, -0.15) is 0 Å². The number of likely N-dealkylation sites (tertiary alicyclic amines) is 1. The molecular formula is C17H23N3O2. The summed E-state index contributed by atoms with van der Waals surface area (Å²) in [7, 11) is 1.78. The molecule has 1 aromatic carbocycles. The molecule has 0 saturated carbocycles. The molecule has 0 radical (unpaired) electrons. The van der Waals surface area contributed by atoms with Gasteiger partial charge in [0.2, 0.25) is 0 Å². The van der Waals surface area contributed by atoms with E-state index >= 15 is 0 Å². The van der Waals surface area contributed by atoms with Crippen molar-refractivity contribution in [3.63, 3.8) is 0 Å². The Labute approximate surface area is 131 Å². The summed E-state index contributed by atoms with van der Waals surface area (Å²) in [5, 5.41) is 0. The highest BCUT2D eigenvalue weighted by Gasteiger charge is 2.34. The first-order valence-electron chi connectivity index (χ1n) is 7.78. The fourth-order valence-corrected chi connectivity index (χ4v) is 3.09. The number of benzene rings is 1. The Kier molecular flexibility index (Phi) is 4.75. The molecule has 1 aromatic heterocycles. The molecule has 1 N–H and O–H groups in total. The van der Waals surface area contributed by atoms with Gasteiger partial charge < -0.3 is 14.5 Å². The summed E-state index contributed by atoms with van der Waals surface area (Å²) < 4.78 is 11.2. The van der Waals surface area contributed by atoms with E-state index in [0.717, 1.165) is 31.1 Å². The molecule has 1 fully saturated rings. The van der Waals surface area contributed by atoms with Crippen LogP contribution < -0.4 is 4.74 Å². The number of nitrogens with one attached hydrogen (secondary N) is 1. The number of imidazole rings is 1. The Balaban J connectivity index is 1.75. The van der Waals surface area contributed by atoms with Gasteiger partial charge in [-0.3, -0.25) is 4.90 Å². The van der Waals surface area contributed by atoms with Crippen LogP contribution in [0, 0.1) is 0 Å². The molecule has 2 heterocycles. The minimum absolute atomic E-state index is 0.255.